The minimum absolute atomic E-state index is 0.0442. The first-order chi connectivity index (χ1) is 11.6. The van der Waals surface area contributed by atoms with Gasteiger partial charge in [-0.25, -0.2) is 0 Å². The highest BCUT2D eigenvalue weighted by molar-refractivity contribution is 5.88. The molecule has 2 heterocycles. The molecular formula is C17H32N4O3. The van der Waals surface area contributed by atoms with E-state index in [1.807, 2.05) is 0 Å². The molecule has 0 spiro atoms. The minimum atomic E-state index is -0.370. The highest BCUT2D eigenvalue weighted by atomic mass is 16.5. The highest BCUT2D eigenvalue weighted by Gasteiger charge is 2.28. The summed E-state index contributed by atoms with van der Waals surface area (Å²) in [7, 11) is 1.73. The van der Waals surface area contributed by atoms with Crippen LogP contribution in [0.15, 0.2) is 0 Å². The van der Waals surface area contributed by atoms with E-state index >= 15 is 0 Å². The number of carbonyl (C=O) groups is 2. The SMILES string of the molecule is CC[C@H]1CN(CC(=O)N[C@@H]2CCCCNC2=O)CCN1CCOC. The second-order valence-electron chi connectivity index (χ2n) is 6.73. The van der Waals surface area contributed by atoms with Gasteiger partial charge in [0.1, 0.15) is 6.04 Å². The molecule has 0 aliphatic carbocycles. The van der Waals surface area contributed by atoms with Crippen molar-refractivity contribution in [3.63, 3.8) is 0 Å². The smallest absolute Gasteiger partial charge is 0.242 e. The van der Waals surface area contributed by atoms with Crippen molar-refractivity contribution in [1.82, 2.24) is 20.4 Å². The second-order valence-corrected chi connectivity index (χ2v) is 6.73. The third kappa shape index (κ3) is 5.72. The van der Waals surface area contributed by atoms with E-state index in [1.165, 1.54) is 0 Å². The molecule has 2 rings (SSSR count). The topological polar surface area (TPSA) is 73.9 Å². The van der Waals surface area contributed by atoms with E-state index in [-0.39, 0.29) is 17.9 Å². The van der Waals surface area contributed by atoms with Gasteiger partial charge in [-0.3, -0.25) is 19.4 Å². The van der Waals surface area contributed by atoms with Gasteiger partial charge in [0, 0.05) is 45.9 Å². The molecule has 7 heteroatoms. The van der Waals surface area contributed by atoms with Crippen molar-refractivity contribution >= 4 is 11.8 Å². The number of hydrogen-bond donors (Lipinski definition) is 2. The lowest BCUT2D eigenvalue weighted by Gasteiger charge is -2.41. The Hall–Kier alpha value is -1.18. The van der Waals surface area contributed by atoms with Crippen LogP contribution < -0.4 is 10.6 Å². The van der Waals surface area contributed by atoms with Crippen LogP contribution in [0.5, 0.6) is 0 Å². The zero-order valence-corrected chi connectivity index (χ0v) is 15.1. The fraction of sp³-hybridized carbons (Fsp3) is 0.882. The number of nitrogens with zero attached hydrogens (tertiary/aromatic N) is 2. The molecule has 0 saturated carbocycles. The molecule has 2 N–H and O–H groups in total. The molecule has 7 nitrogen and oxygen atoms in total. The molecule has 24 heavy (non-hydrogen) atoms. The average molecular weight is 340 g/mol. The lowest BCUT2D eigenvalue weighted by atomic mass is 10.1. The van der Waals surface area contributed by atoms with E-state index in [0.717, 1.165) is 58.5 Å². The second kappa shape index (κ2) is 9.96. The Morgan fingerprint density at radius 1 is 1.38 bits per heavy atom. The van der Waals surface area contributed by atoms with Gasteiger partial charge in [-0.1, -0.05) is 6.92 Å². The van der Waals surface area contributed by atoms with Gasteiger partial charge >= 0.3 is 0 Å². The number of carbonyl (C=O) groups excluding carboxylic acids is 2. The molecule has 2 saturated heterocycles. The van der Waals surface area contributed by atoms with E-state index < -0.39 is 0 Å². The lowest BCUT2D eigenvalue weighted by molar-refractivity contribution is -0.129. The van der Waals surface area contributed by atoms with Crippen molar-refractivity contribution in [3.8, 4) is 0 Å². The Morgan fingerprint density at radius 3 is 2.96 bits per heavy atom. The zero-order valence-electron chi connectivity index (χ0n) is 15.1. The fourth-order valence-electron chi connectivity index (χ4n) is 3.51. The molecular weight excluding hydrogens is 308 g/mol. The largest absolute Gasteiger partial charge is 0.383 e. The van der Waals surface area contributed by atoms with Crippen LogP contribution in [0.3, 0.4) is 0 Å². The summed E-state index contributed by atoms with van der Waals surface area (Å²) in [6, 6.07) is 0.0906. The van der Waals surface area contributed by atoms with Crippen LogP contribution in [0.1, 0.15) is 32.6 Å². The van der Waals surface area contributed by atoms with E-state index in [9.17, 15) is 9.59 Å². The summed E-state index contributed by atoms with van der Waals surface area (Å²) in [4.78, 5) is 28.9. The normalized spacial score (nSPS) is 26.7. The Bertz CT molecular complexity index is 419. The number of methoxy groups -OCH3 is 1. The predicted molar refractivity (Wildman–Crippen MR) is 92.8 cm³/mol. The van der Waals surface area contributed by atoms with Crippen LogP contribution >= 0.6 is 0 Å². The Kier molecular flexibility index (Phi) is 7.94. The van der Waals surface area contributed by atoms with Crippen molar-refractivity contribution in [1.29, 1.82) is 0 Å². The zero-order chi connectivity index (χ0) is 17.4. The molecule has 2 aliphatic heterocycles. The van der Waals surface area contributed by atoms with E-state index in [1.54, 1.807) is 7.11 Å². The third-order valence-corrected chi connectivity index (χ3v) is 4.98. The van der Waals surface area contributed by atoms with Crippen LogP contribution in [-0.4, -0.2) is 86.7 Å². The van der Waals surface area contributed by atoms with Crippen LogP contribution in [0.4, 0.5) is 0 Å². The molecule has 0 aromatic carbocycles. The summed E-state index contributed by atoms with van der Waals surface area (Å²) in [5.74, 6) is -0.0890. The lowest BCUT2D eigenvalue weighted by Crippen LogP contribution is -2.56. The number of hydrogen-bond acceptors (Lipinski definition) is 5. The number of piperazine rings is 1. The minimum Gasteiger partial charge on any atom is -0.383 e. The molecule has 2 atom stereocenters. The van der Waals surface area contributed by atoms with Gasteiger partial charge in [0.15, 0.2) is 0 Å². The van der Waals surface area contributed by atoms with Gasteiger partial charge in [0.25, 0.3) is 0 Å². The first-order valence-corrected chi connectivity index (χ1v) is 9.16. The average Bonchev–Trinajstić information content (AvgIpc) is 2.78. The van der Waals surface area contributed by atoms with Crippen molar-refractivity contribution in [2.75, 3.05) is 53.0 Å². The van der Waals surface area contributed by atoms with E-state index in [2.05, 4.69) is 27.4 Å². The summed E-state index contributed by atoms with van der Waals surface area (Å²) >= 11 is 0. The Labute approximate surface area is 145 Å². The summed E-state index contributed by atoms with van der Waals surface area (Å²) in [5, 5.41) is 5.77. The maximum Gasteiger partial charge on any atom is 0.242 e. The molecule has 0 aromatic heterocycles. The number of amides is 2. The molecule has 2 fully saturated rings. The molecule has 138 valence electrons. The Morgan fingerprint density at radius 2 is 2.21 bits per heavy atom. The van der Waals surface area contributed by atoms with Crippen LogP contribution in [-0.2, 0) is 14.3 Å². The molecule has 2 aliphatic rings. The van der Waals surface area contributed by atoms with E-state index in [0.29, 0.717) is 19.1 Å². The standard InChI is InChI=1S/C17H32N4O3/c1-3-14-12-20(8-9-21(14)10-11-24-2)13-16(22)19-15-6-4-5-7-18-17(15)23/h14-15H,3-13H2,1-2H3,(H,18,23)(H,19,22)/t14-,15+/m0/s1. The van der Waals surface area contributed by atoms with Gasteiger partial charge in [-0.2, -0.15) is 0 Å². The quantitative estimate of drug-likeness (QED) is 0.672. The molecule has 2 amide bonds. The number of nitrogens with one attached hydrogen (secondary N) is 2. The van der Waals surface area contributed by atoms with Gasteiger partial charge < -0.3 is 15.4 Å². The van der Waals surface area contributed by atoms with Crippen molar-refractivity contribution in [3.05, 3.63) is 0 Å². The number of rotatable bonds is 7. The molecule has 0 radical (unpaired) electrons. The van der Waals surface area contributed by atoms with Crippen molar-refractivity contribution in [2.45, 2.75) is 44.7 Å². The van der Waals surface area contributed by atoms with Crippen molar-refractivity contribution in [2.24, 2.45) is 0 Å². The van der Waals surface area contributed by atoms with Crippen LogP contribution in [0, 0.1) is 0 Å². The van der Waals surface area contributed by atoms with Gasteiger partial charge in [-0.15, -0.1) is 0 Å². The maximum absolute atomic E-state index is 12.3. The first-order valence-electron chi connectivity index (χ1n) is 9.16. The Balaban J connectivity index is 1.78. The maximum atomic E-state index is 12.3. The van der Waals surface area contributed by atoms with Gasteiger partial charge in [-0.05, 0) is 25.7 Å². The molecule has 0 aromatic rings. The summed E-state index contributed by atoms with van der Waals surface area (Å²) in [6.45, 7) is 7.69. The van der Waals surface area contributed by atoms with E-state index in [4.69, 9.17) is 4.74 Å². The summed E-state index contributed by atoms with van der Waals surface area (Å²) < 4.78 is 5.18. The fourth-order valence-corrected chi connectivity index (χ4v) is 3.51. The predicted octanol–water partition coefficient (Wildman–Crippen LogP) is -0.186. The van der Waals surface area contributed by atoms with Crippen LogP contribution in [0.2, 0.25) is 0 Å². The molecule has 0 unspecified atom stereocenters. The molecule has 0 bridgehead atoms. The monoisotopic (exact) mass is 340 g/mol. The van der Waals surface area contributed by atoms with Gasteiger partial charge in [0.2, 0.25) is 11.8 Å². The summed E-state index contributed by atoms with van der Waals surface area (Å²) in [5.41, 5.74) is 0. The van der Waals surface area contributed by atoms with Crippen LogP contribution in [0.25, 0.3) is 0 Å². The number of ether oxygens (including phenoxy) is 1. The summed E-state index contributed by atoms with van der Waals surface area (Å²) in [6.07, 6.45) is 3.76. The third-order valence-electron chi connectivity index (χ3n) is 4.98. The van der Waals surface area contributed by atoms with Gasteiger partial charge in [0.05, 0.1) is 13.2 Å². The first kappa shape index (κ1) is 19.1. The van der Waals surface area contributed by atoms with Crippen molar-refractivity contribution < 1.29 is 14.3 Å². The highest BCUT2D eigenvalue weighted by Crippen LogP contribution is 2.12.